The Kier molecular flexibility index (Phi) is 3.51. The molecule has 0 fully saturated rings. The van der Waals surface area contributed by atoms with Crippen molar-refractivity contribution in [3.63, 3.8) is 0 Å². The number of rotatable bonds is 2. The first-order valence-electron chi connectivity index (χ1n) is 5.26. The first kappa shape index (κ1) is 12.6. The Morgan fingerprint density at radius 1 is 1.07 bits per heavy atom. The second-order valence-corrected chi connectivity index (χ2v) is 6.92. The molecule has 15 heavy (non-hydrogen) atoms. The maximum absolute atomic E-state index is 4.22. The Hall–Kier alpha value is -0.480. The van der Waals surface area contributed by atoms with Gasteiger partial charge in [-0.25, -0.2) is 0 Å². The van der Waals surface area contributed by atoms with Crippen molar-refractivity contribution in [3.05, 3.63) is 10.0 Å². The van der Waals surface area contributed by atoms with Gasteiger partial charge in [-0.15, -0.1) is 10.2 Å². The lowest BCUT2D eigenvalue weighted by Gasteiger charge is -2.19. The van der Waals surface area contributed by atoms with Gasteiger partial charge >= 0.3 is 0 Å². The maximum Gasteiger partial charge on any atom is 0.131 e. The van der Waals surface area contributed by atoms with Crippen LogP contribution in [0, 0.1) is 0 Å². The lowest BCUT2D eigenvalue weighted by molar-refractivity contribution is 0.423. The van der Waals surface area contributed by atoms with Crippen molar-refractivity contribution in [2.45, 2.75) is 59.0 Å². The van der Waals surface area contributed by atoms with Crippen LogP contribution in [0.25, 0.3) is 0 Å². The third kappa shape index (κ3) is 4.26. The third-order valence-electron chi connectivity index (χ3n) is 1.88. The molecule has 1 rings (SSSR count). The van der Waals surface area contributed by atoms with Crippen molar-refractivity contribution in [1.29, 1.82) is 0 Å². The van der Waals surface area contributed by atoms with Crippen LogP contribution >= 0.6 is 11.3 Å². The van der Waals surface area contributed by atoms with Gasteiger partial charge in [0.2, 0.25) is 0 Å². The molecular weight excluding hydrogens is 206 g/mol. The SMILES string of the molecule is CC(C)(C)NCc1nnc(C(C)(C)C)s1. The van der Waals surface area contributed by atoms with Gasteiger partial charge in [-0.3, -0.25) is 0 Å². The Bertz CT molecular complexity index is 317. The third-order valence-corrected chi connectivity index (χ3v) is 3.23. The average molecular weight is 227 g/mol. The highest BCUT2D eigenvalue weighted by Crippen LogP contribution is 2.25. The predicted octanol–water partition coefficient (Wildman–Crippen LogP) is 2.72. The fourth-order valence-corrected chi connectivity index (χ4v) is 1.81. The van der Waals surface area contributed by atoms with Gasteiger partial charge in [-0.2, -0.15) is 0 Å². The van der Waals surface area contributed by atoms with Crippen LogP contribution < -0.4 is 5.32 Å². The normalized spacial score (nSPS) is 13.2. The van der Waals surface area contributed by atoms with Gasteiger partial charge in [0.05, 0.1) is 6.54 Å². The molecule has 0 aliphatic rings. The quantitative estimate of drug-likeness (QED) is 0.844. The monoisotopic (exact) mass is 227 g/mol. The fourth-order valence-electron chi connectivity index (χ4n) is 0.969. The first-order chi connectivity index (χ1) is 6.68. The van der Waals surface area contributed by atoms with Crippen LogP contribution in [0.3, 0.4) is 0 Å². The highest BCUT2D eigenvalue weighted by molar-refractivity contribution is 7.11. The van der Waals surface area contributed by atoms with Crippen LogP contribution in [0.4, 0.5) is 0 Å². The zero-order chi connectivity index (χ0) is 11.7. The van der Waals surface area contributed by atoms with Crippen molar-refractivity contribution in [1.82, 2.24) is 15.5 Å². The van der Waals surface area contributed by atoms with E-state index in [0.717, 1.165) is 16.6 Å². The van der Waals surface area contributed by atoms with E-state index in [2.05, 4.69) is 57.1 Å². The van der Waals surface area contributed by atoms with Crippen LogP contribution in [0.5, 0.6) is 0 Å². The molecule has 0 radical (unpaired) electrons. The van der Waals surface area contributed by atoms with Crippen molar-refractivity contribution >= 4 is 11.3 Å². The second-order valence-electron chi connectivity index (χ2n) is 5.85. The Morgan fingerprint density at radius 3 is 2.07 bits per heavy atom. The predicted molar refractivity (Wildman–Crippen MR) is 65.2 cm³/mol. The molecule has 1 heterocycles. The van der Waals surface area contributed by atoms with E-state index in [1.165, 1.54) is 0 Å². The molecule has 4 heteroatoms. The van der Waals surface area contributed by atoms with Gasteiger partial charge in [0.1, 0.15) is 10.0 Å². The van der Waals surface area contributed by atoms with E-state index in [1.807, 2.05) is 0 Å². The van der Waals surface area contributed by atoms with E-state index in [0.29, 0.717) is 0 Å². The summed E-state index contributed by atoms with van der Waals surface area (Å²) in [4.78, 5) is 0. The number of aromatic nitrogens is 2. The molecule has 1 aromatic heterocycles. The summed E-state index contributed by atoms with van der Waals surface area (Å²) >= 11 is 1.70. The molecule has 0 aliphatic heterocycles. The minimum Gasteiger partial charge on any atom is -0.306 e. The van der Waals surface area contributed by atoms with Crippen LogP contribution in [-0.2, 0) is 12.0 Å². The standard InChI is InChI=1S/C11H21N3S/c1-10(2,3)9-14-13-8(15-9)7-12-11(4,5)6/h12H,7H2,1-6H3. The largest absolute Gasteiger partial charge is 0.306 e. The van der Waals surface area contributed by atoms with E-state index < -0.39 is 0 Å². The van der Waals surface area contributed by atoms with Gasteiger partial charge in [0, 0.05) is 11.0 Å². The summed E-state index contributed by atoms with van der Waals surface area (Å²) in [5.41, 5.74) is 0.241. The molecule has 86 valence electrons. The van der Waals surface area contributed by atoms with Gasteiger partial charge in [0.15, 0.2) is 0 Å². The van der Waals surface area contributed by atoms with Crippen LogP contribution in [0.15, 0.2) is 0 Å². The molecular formula is C11H21N3S. The summed E-state index contributed by atoms with van der Waals surface area (Å²) in [6.45, 7) is 13.7. The van der Waals surface area contributed by atoms with Gasteiger partial charge in [0.25, 0.3) is 0 Å². The topological polar surface area (TPSA) is 37.8 Å². The first-order valence-corrected chi connectivity index (χ1v) is 6.08. The molecule has 0 unspecified atom stereocenters. The van der Waals surface area contributed by atoms with E-state index in [4.69, 9.17) is 0 Å². The average Bonchev–Trinajstić information content (AvgIpc) is 2.45. The molecule has 0 bridgehead atoms. The lowest BCUT2D eigenvalue weighted by Crippen LogP contribution is -2.35. The fraction of sp³-hybridized carbons (Fsp3) is 0.818. The highest BCUT2D eigenvalue weighted by Gasteiger charge is 2.19. The van der Waals surface area contributed by atoms with E-state index in [-0.39, 0.29) is 11.0 Å². The van der Waals surface area contributed by atoms with Gasteiger partial charge < -0.3 is 5.32 Å². The number of nitrogens with one attached hydrogen (secondary N) is 1. The summed E-state index contributed by atoms with van der Waals surface area (Å²) in [7, 11) is 0. The molecule has 1 aromatic rings. The number of nitrogens with zero attached hydrogens (tertiary/aromatic N) is 2. The summed E-state index contributed by atoms with van der Waals surface area (Å²) in [6, 6.07) is 0. The summed E-state index contributed by atoms with van der Waals surface area (Å²) in [6.07, 6.45) is 0. The molecule has 0 atom stereocenters. The molecule has 3 nitrogen and oxygen atoms in total. The van der Waals surface area contributed by atoms with Crippen molar-refractivity contribution in [2.24, 2.45) is 0 Å². The Labute approximate surface area is 96.3 Å². The van der Waals surface area contributed by atoms with Crippen molar-refractivity contribution < 1.29 is 0 Å². The van der Waals surface area contributed by atoms with E-state index in [9.17, 15) is 0 Å². The smallest absolute Gasteiger partial charge is 0.131 e. The molecule has 0 spiro atoms. The zero-order valence-electron chi connectivity index (χ0n) is 10.5. The van der Waals surface area contributed by atoms with Crippen LogP contribution in [-0.4, -0.2) is 15.7 Å². The van der Waals surface area contributed by atoms with Crippen molar-refractivity contribution in [2.75, 3.05) is 0 Å². The van der Waals surface area contributed by atoms with E-state index in [1.54, 1.807) is 11.3 Å². The number of hydrogen-bond donors (Lipinski definition) is 1. The highest BCUT2D eigenvalue weighted by atomic mass is 32.1. The van der Waals surface area contributed by atoms with E-state index >= 15 is 0 Å². The second kappa shape index (κ2) is 4.18. The minimum absolute atomic E-state index is 0.109. The summed E-state index contributed by atoms with van der Waals surface area (Å²) in [5.74, 6) is 0. The van der Waals surface area contributed by atoms with Crippen molar-refractivity contribution in [3.8, 4) is 0 Å². The molecule has 0 saturated heterocycles. The maximum atomic E-state index is 4.22. The lowest BCUT2D eigenvalue weighted by atomic mass is 9.98. The Morgan fingerprint density at radius 2 is 1.67 bits per heavy atom. The van der Waals surface area contributed by atoms with Crippen LogP contribution in [0.1, 0.15) is 51.6 Å². The Balaban J connectivity index is 2.62. The molecule has 0 aliphatic carbocycles. The molecule has 0 saturated carbocycles. The molecule has 0 amide bonds. The molecule has 1 N–H and O–H groups in total. The summed E-state index contributed by atoms with van der Waals surface area (Å²) < 4.78 is 0. The van der Waals surface area contributed by atoms with Crippen LogP contribution in [0.2, 0.25) is 0 Å². The zero-order valence-corrected chi connectivity index (χ0v) is 11.3. The summed E-state index contributed by atoms with van der Waals surface area (Å²) in [5, 5.41) is 14.0. The van der Waals surface area contributed by atoms with Gasteiger partial charge in [-0.1, -0.05) is 32.1 Å². The number of hydrogen-bond acceptors (Lipinski definition) is 4. The van der Waals surface area contributed by atoms with Gasteiger partial charge in [-0.05, 0) is 20.8 Å². The minimum atomic E-state index is 0.109. The molecule has 0 aromatic carbocycles.